The van der Waals surface area contributed by atoms with E-state index >= 15 is 0 Å². The Morgan fingerprint density at radius 1 is 1.21 bits per heavy atom. The first-order chi connectivity index (χ1) is 6.74. The van der Waals surface area contributed by atoms with E-state index in [9.17, 15) is 0 Å². The summed E-state index contributed by atoms with van der Waals surface area (Å²) in [5.41, 5.74) is 0.659. The molecule has 1 spiro atoms. The molecule has 0 aromatic carbocycles. The van der Waals surface area contributed by atoms with Crippen molar-refractivity contribution in [2.75, 3.05) is 13.1 Å². The Morgan fingerprint density at radius 2 is 1.71 bits per heavy atom. The maximum atomic E-state index is 8.68. The van der Waals surface area contributed by atoms with Crippen LogP contribution in [0.2, 0.25) is 0 Å². The van der Waals surface area contributed by atoms with Crippen LogP contribution >= 0.6 is 0 Å². The van der Waals surface area contributed by atoms with Crippen LogP contribution in [0.4, 0.5) is 0 Å². The normalized spacial score (nSPS) is 24.6. The molecule has 0 N–H and O–H groups in total. The molecule has 0 amide bonds. The Hall–Kier alpha value is -0.710. The minimum Gasteiger partial charge on any atom is -0.311 e. The van der Waals surface area contributed by atoms with Crippen LogP contribution in [-0.2, 0) is 0 Å². The molecule has 2 aliphatic rings. The smallest absolute Gasteiger partial charge is 0.179 e. The third-order valence-electron chi connectivity index (χ3n) is 3.53. The Kier molecular flexibility index (Phi) is 3.80. The van der Waals surface area contributed by atoms with E-state index in [-0.39, 0.29) is 0 Å². The fraction of sp³-hybridized carbons (Fsp3) is 0.917. The Bertz CT molecular complexity index is 201. The highest BCUT2D eigenvalue weighted by atomic mass is 15.1. The largest absolute Gasteiger partial charge is 0.311 e. The van der Waals surface area contributed by atoms with E-state index < -0.39 is 0 Å². The van der Waals surface area contributed by atoms with Gasteiger partial charge in [-0.15, -0.1) is 0 Å². The first-order valence-corrected chi connectivity index (χ1v) is 5.89. The molecule has 0 aromatic heterocycles. The van der Waals surface area contributed by atoms with Gasteiger partial charge in [-0.25, -0.2) is 0 Å². The third kappa shape index (κ3) is 2.20. The van der Waals surface area contributed by atoms with Crippen LogP contribution in [0.25, 0.3) is 0 Å². The topological polar surface area (TPSA) is 27.0 Å². The van der Waals surface area contributed by atoms with E-state index in [4.69, 9.17) is 5.26 Å². The van der Waals surface area contributed by atoms with Gasteiger partial charge in [-0.3, -0.25) is 0 Å². The van der Waals surface area contributed by atoms with Crippen molar-refractivity contribution in [1.29, 1.82) is 5.26 Å². The molecule has 2 rings (SSSR count). The van der Waals surface area contributed by atoms with Gasteiger partial charge in [-0.2, -0.15) is 5.26 Å². The van der Waals surface area contributed by atoms with Crippen molar-refractivity contribution in [2.45, 2.75) is 46.5 Å². The lowest BCUT2D eigenvalue weighted by atomic mass is 9.58. The molecule has 0 atom stereocenters. The molecular weight excluding hydrogens is 172 g/mol. The lowest BCUT2D eigenvalue weighted by molar-refractivity contribution is 0.00778. The molecule has 80 valence electrons. The second-order valence-corrected chi connectivity index (χ2v) is 4.60. The van der Waals surface area contributed by atoms with E-state index in [1.807, 2.05) is 18.7 Å². The number of hydrogen-bond acceptors (Lipinski definition) is 2. The minimum atomic E-state index is 0.659. The highest BCUT2D eigenvalue weighted by Crippen LogP contribution is 2.52. The van der Waals surface area contributed by atoms with Gasteiger partial charge in [0.15, 0.2) is 6.19 Å². The van der Waals surface area contributed by atoms with E-state index in [0.717, 1.165) is 19.0 Å². The standard InChI is InChI=1S/C10H16N2.C2H6/c1-9-6-10(7-9)2-4-12(8-11)5-3-10;1-2/h9H,2-7H2,1H3;1-2H3. The predicted octanol–water partition coefficient (Wildman–Crippen LogP) is 3.01. The molecule has 1 aliphatic carbocycles. The van der Waals surface area contributed by atoms with Gasteiger partial charge in [0.05, 0.1) is 0 Å². The molecule has 1 saturated heterocycles. The van der Waals surface area contributed by atoms with Crippen LogP contribution in [0.3, 0.4) is 0 Å². The molecule has 0 aromatic rings. The highest BCUT2D eigenvalue weighted by molar-refractivity contribution is 4.97. The van der Waals surface area contributed by atoms with Crippen LogP contribution in [0.1, 0.15) is 46.5 Å². The monoisotopic (exact) mass is 194 g/mol. The lowest BCUT2D eigenvalue weighted by Crippen LogP contribution is -2.45. The fourth-order valence-corrected chi connectivity index (χ4v) is 2.91. The summed E-state index contributed by atoms with van der Waals surface area (Å²) in [6.45, 7) is 8.34. The number of rotatable bonds is 0. The van der Waals surface area contributed by atoms with Crippen LogP contribution in [0.15, 0.2) is 0 Å². The van der Waals surface area contributed by atoms with E-state index in [1.165, 1.54) is 25.7 Å². The van der Waals surface area contributed by atoms with Gasteiger partial charge < -0.3 is 4.90 Å². The van der Waals surface area contributed by atoms with Crippen LogP contribution in [0, 0.1) is 22.8 Å². The minimum absolute atomic E-state index is 0.659. The van der Waals surface area contributed by atoms with E-state index in [2.05, 4.69) is 13.1 Å². The summed E-state index contributed by atoms with van der Waals surface area (Å²) < 4.78 is 0. The van der Waals surface area contributed by atoms with Crippen molar-refractivity contribution in [3.05, 3.63) is 0 Å². The molecule has 14 heavy (non-hydrogen) atoms. The van der Waals surface area contributed by atoms with Crippen molar-refractivity contribution in [1.82, 2.24) is 4.90 Å². The van der Waals surface area contributed by atoms with Gasteiger partial charge in [0.1, 0.15) is 0 Å². The molecule has 1 aliphatic heterocycles. The lowest BCUT2D eigenvalue weighted by Gasteiger charge is -2.50. The Morgan fingerprint density at radius 3 is 2.07 bits per heavy atom. The average molecular weight is 194 g/mol. The zero-order valence-corrected chi connectivity index (χ0v) is 9.71. The van der Waals surface area contributed by atoms with Crippen LogP contribution < -0.4 is 0 Å². The summed E-state index contributed by atoms with van der Waals surface area (Å²) in [6.07, 6.45) is 7.56. The summed E-state index contributed by atoms with van der Waals surface area (Å²) >= 11 is 0. The predicted molar refractivity (Wildman–Crippen MR) is 58.6 cm³/mol. The van der Waals surface area contributed by atoms with E-state index in [1.54, 1.807) is 0 Å². The Labute approximate surface area is 87.9 Å². The SMILES string of the molecule is CC.CC1CC2(CCN(C#N)CC2)C1. The summed E-state index contributed by atoms with van der Waals surface area (Å²) in [6, 6.07) is 0. The number of nitrogens with zero attached hydrogens (tertiary/aromatic N) is 2. The van der Waals surface area contributed by atoms with Crippen molar-refractivity contribution >= 4 is 0 Å². The maximum absolute atomic E-state index is 8.68. The number of hydrogen-bond donors (Lipinski definition) is 0. The number of nitriles is 1. The molecule has 2 heteroatoms. The molecular formula is C12H22N2. The summed E-state index contributed by atoms with van der Waals surface area (Å²) in [5, 5.41) is 8.68. The van der Waals surface area contributed by atoms with Gasteiger partial charge in [0, 0.05) is 13.1 Å². The average Bonchev–Trinajstić information content (AvgIpc) is 2.20. The van der Waals surface area contributed by atoms with Crippen LogP contribution in [0.5, 0.6) is 0 Å². The maximum Gasteiger partial charge on any atom is 0.179 e. The fourth-order valence-electron chi connectivity index (χ4n) is 2.91. The number of likely N-dealkylation sites (tertiary alicyclic amines) is 1. The third-order valence-corrected chi connectivity index (χ3v) is 3.53. The van der Waals surface area contributed by atoms with Gasteiger partial charge >= 0.3 is 0 Å². The van der Waals surface area contributed by atoms with Crippen molar-refractivity contribution in [3.8, 4) is 6.19 Å². The van der Waals surface area contributed by atoms with Gasteiger partial charge in [-0.05, 0) is 37.0 Å². The zero-order chi connectivity index (χ0) is 10.6. The summed E-state index contributed by atoms with van der Waals surface area (Å²) in [7, 11) is 0. The summed E-state index contributed by atoms with van der Waals surface area (Å²) in [4.78, 5) is 1.90. The molecule has 2 fully saturated rings. The molecule has 1 saturated carbocycles. The van der Waals surface area contributed by atoms with Gasteiger partial charge in [-0.1, -0.05) is 20.8 Å². The zero-order valence-electron chi connectivity index (χ0n) is 9.71. The van der Waals surface area contributed by atoms with Crippen LogP contribution in [-0.4, -0.2) is 18.0 Å². The first-order valence-electron chi connectivity index (χ1n) is 5.89. The van der Waals surface area contributed by atoms with E-state index in [0.29, 0.717) is 5.41 Å². The molecule has 1 heterocycles. The molecule has 0 radical (unpaired) electrons. The first kappa shape index (κ1) is 11.4. The van der Waals surface area contributed by atoms with Gasteiger partial charge in [0.25, 0.3) is 0 Å². The molecule has 2 nitrogen and oxygen atoms in total. The quantitative estimate of drug-likeness (QED) is 0.554. The summed E-state index contributed by atoms with van der Waals surface area (Å²) in [5.74, 6) is 0.943. The van der Waals surface area contributed by atoms with Crippen molar-refractivity contribution in [2.24, 2.45) is 11.3 Å². The van der Waals surface area contributed by atoms with Gasteiger partial charge in [0.2, 0.25) is 0 Å². The van der Waals surface area contributed by atoms with Crippen molar-refractivity contribution < 1.29 is 0 Å². The number of piperidine rings is 1. The second-order valence-electron chi connectivity index (χ2n) is 4.60. The Balaban J connectivity index is 0.000000461. The second kappa shape index (κ2) is 4.68. The molecule has 0 unspecified atom stereocenters. The molecule has 0 bridgehead atoms. The van der Waals surface area contributed by atoms with Crippen molar-refractivity contribution in [3.63, 3.8) is 0 Å². The highest BCUT2D eigenvalue weighted by Gasteiger charge is 2.43.